The molecule has 0 fully saturated rings. The van der Waals surface area contributed by atoms with Gasteiger partial charge in [-0.3, -0.25) is 9.78 Å². The molecule has 0 amide bonds. The van der Waals surface area contributed by atoms with Crippen LogP contribution in [-0.2, 0) is 30.3 Å². The Morgan fingerprint density at radius 3 is 2.10 bits per heavy atom. The van der Waals surface area contributed by atoms with Gasteiger partial charge in [-0.2, -0.15) is 0 Å². The Kier molecular flexibility index (Phi) is 12.0. The van der Waals surface area contributed by atoms with E-state index in [0.29, 0.717) is 0 Å². The summed E-state index contributed by atoms with van der Waals surface area (Å²) >= 11 is 3.63. The van der Waals surface area contributed by atoms with Crippen molar-refractivity contribution >= 4 is 69.6 Å². The molecule has 261 valence electrons. The Morgan fingerprint density at radius 1 is 0.837 bits per heavy atom. The number of aliphatic hydroxyl groups is 1. The molecule has 3 aromatic heterocycles. The second-order valence-electron chi connectivity index (χ2n) is 14.6. The number of carbonyl (C=O) groups excluding carboxylic acids is 1. The molecule has 49 heavy (non-hydrogen) atoms. The van der Waals surface area contributed by atoms with Crippen molar-refractivity contribution in [3.8, 4) is 11.3 Å². The second-order valence-corrected chi connectivity index (χ2v) is 16.5. The van der Waals surface area contributed by atoms with Gasteiger partial charge in [0.05, 0.1) is 14.9 Å². The van der Waals surface area contributed by atoms with Crippen LogP contribution in [0.5, 0.6) is 0 Å². The van der Waals surface area contributed by atoms with Crippen LogP contribution in [0, 0.1) is 23.8 Å². The van der Waals surface area contributed by atoms with Crippen LogP contribution in [0.4, 0.5) is 0 Å². The van der Waals surface area contributed by atoms with E-state index in [4.69, 9.17) is 9.97 Å². The van der Waals surface area contributed by atoms with E-state index in [1.54, 1.807) is 6.33 Å². The molecule has 1 radical (unpaired) electrons. The average Bonchev–Trinajstić information content (AvgIpc) is 3.67. The van der Waals surface area contributed by atoms with Crippen molar-refractivity contribution in [2.45, 2.75) is 100 Å². The summed E-state index contributed by atoms with van der Waals surface area (Å²) in [6.07, 6.45) is 6.46. The molecule has 6 aromatic rings. The third-order valence-electron chi connectivity index (χ3n) is 10.6. The fraction of sp³-hybridized carbons (Fsp3) is 0.405. The summed E-state index contributed by atoms with van der Waals surface area (Å²) in [5, 5.41) is 17.3. The summed E-state index contributed by atoms with van der Waals surface area (Å²) < 4.78 is 3.80. The Hall–Kier alpha value is -2.96. The first-order valence-corrected chi connectivity index (χ1v) is 18.9. The molecular weight excluding hydrogens is 821 g/mol. The number of carbonyl (C=O) groups is 1. The van der Waals surface area contributed by atoms with Crippen LogP contribution in [0.25, 0.3) is 52.4 Å². The standard InChI is InChI=1S/C27H21N2S2.C15H28O2.Ir/c1-15-13-30-24-18(15)9-10-20-23-26(31-25(20)24)22(28-14-29-23)17-11-16-7-5-6-8-19(16)21(12-17)27(2,3)4;1-7-14(5,8-2)12(16)11-13(17)15(6,9-3)10-4;/h5-10,12-14H,1-4H3;11,16H,7-10H2,1-6H3;/q-1;;/b;12-11-;. The molecule has 3 aromatic carbocycles. The van der Waals surface area contributed by atoms with Gasteiger partial charge in [0.25, 0.3) is 0 Å². The largest absolute Gasteiger partial charge is 0.512 e. The number of aryl methyl sites for hydroxylation is 1. The third kappa shape index (κ3) is 7.42. The van der Waals surface area contributed by atoms with Crippen molar-refractivity contribution in [2.24, 2.45) is 10.8 Å². The average molecular weight is 870 g/mol. The molecule has 0 atom stereocenters. The van der Waals surface area contributed by atoms with Gasteiger partial charge in [-0.1, -0.05) is 104 Å². The van der Waals surface area contributed by atoms with Crippen molar-refractivity contribution in [1.29, 1.82) is 0 Å². The van der Waals surface area contributed by atoms with Crippen molar-refractivity contribution in [1.82, 2.24) is 9.97 Å². The molecule has 0 spiro atoms. The first-order valence-electron chi connectivity index (χ1n) is 17.2. The number of rotatable bonds is 8. The summed E-state index contributed by atoms with van der Waals surface area (Å²) in [6, 6.07) is 18.9. The van der Waals surface area contributed by atoms with E-state index in [1.165, 1.54) is 42.8 Å². The fourth-order valence-electron chi connectivity index (χ4n) is 6.11. The molecular formula is C42H49IrN2O2S2-. The number of thiophene rings is 2. The first kappa shape index (κ1) is 38.8. The van der Waals surface area contributed by atoms with E-state index >= 15 is 0 Å². The van der Waals surface area contributed by atoms with E-state index in [1.807, 2.05) is 64.2 Å². The number of nitrogens with zero attached hydrogens (tertiary/aromatic N) is 2. The Morgan fingerprint density at radius 2 is 1.47 bits per heavy atom. The zero-order valence-electron chi connectivity index (χ0n) is 30.5. The predicted molar refractivity (Wildman–Crippen MR) is 209 cm³/mol. The van der Waals surface area contributed by atoms with Crippen LogP contribution >= 0.6 is 22.7 Å². The van der Waals surface area contributed by atoms with E-state index < -0.39 is 0 Å². The van der Waals surface area contributed by atoms with Crippen LogP contribution in [0.3, 0.4) is 0 Å². The van der Waals surface area contributed by atoms with Crippen LogP contribution < -0.4 is 0 Å². The summed E-state index contributed by atoms with van der Waals surface area (Å²) in [4.78, 5) is 21.6. The normalized spacial score (nSPS) is 12.7. The van der Waals surface area contributed by atoms with Gasteiger partial charge in [-0.25, -0.2) is 4.98 Å². The van der Waals surface area contributed by atoms with Gasteiger partial charge in [0, 0.05) is 52.8 Å². The zero-order chi connectivity index (χ0) is 35.0. The smallest absolute Gasteiger partial charge is 0.164 e. The molecule has 0 unspecified atom stereocenters. The van der Waals surface area contributed by atoms with Gasteiger partial charge in [0.1, 0.15) is 12.1 Å². The minimum atomic E-state index is -0.337. The predicted octanol–water partition coefficient (Wildman–Crippen LogP) is 12.9. The molecule has 0 saturated heterocycles. The van der Waals surface area contributed by atoms with Gasteiger partial charge in [0.2, 0.25) is 0 Å². The number of hydrogen-bond donors (Lipinski definition) is 1. The molecule has 0 aliphatic carbocycles. The van der Waals surface area contributed by atoms with Crippen molar-refractivity contribution in [3.05, 3.63) is 83.2 Å². The summed E-state index contributed by atoms with van der Waals surface area (Å²) in [7, 11) is 0. The number of fused-ring (bicyclic) bond motifs is 6. The van der Waals surface area contributed by atoms with Crippen LogP contribution in [0.2, 0.25) is 0 Å². The molecule has 3 heterocycles. The van der Waals surface area contributed by atoms with Crippen LogP contribution in [0.15, 0.2) is 66.0 Å². The fourth-order valence-corrected chi connectivity index (χ4v) is 8.57. The van der Waals surface area contributed by atoms with Gasteiger partial charge in [-0.15, -0.1) is 51.8 Å². The minimum Gasteiger partial charge on any atom is -0.512 e. The Labute approximate surface area is 313 Å². The number of benzene rings is 3. The first-order chi connectivity index (χ1) is 22.7. The van der Waals surface area contributed by atoms with E-state index in [-0.39, 0.29) is 47.9 Å². The molecule has 7 heteroatoms. The SMILES string of the molecule is CCC(C)(CC)C(=O)/C=C(\O)C(C)(CC)CC.Cc1csc2c1ccc1c3ncnc(-c4[c-]c5ccccc5c(C(C)(C)C)c4)c3sc12.[Ir]. The van der Waals surface area contributed by atoms with E-state index in [2.05, 4.69) is 81.6 Å². The topological polar surface area (TPSA) is 63.1 Å². The Bertz CT molecular complexity index is 2140. The van der Waals surface area contributed by atoms with E-state index in [9.17, 15) is 9.90 Å². The molecule has 1 N–H and O–H groups in total. The number of hydrogen-bond acceptors (Lipinski definition) is 6. The van der Waals surface area contributed by atoms with E-state index in [0.717, 1.165) is 52.5 Å². The number of aliphatic hydroxyl groups excluding tert-OH is 1. The van der Waals surface area contributed by atoms with Crippen LogP contribution in [0.1, 0.15) is 99.1 Å². The summed E-state index contributed by atoms with van der Waals surface area (Å²) in [6.45, 7) is 21.1. The number of ketones is 1. The maximum absolute atomic E-state index is 12.2. The van der Waals surface area contributed by atoms with Crippen molar-refractivity contribution in [3.63, 3.8) is 0 Å². The molecule has 4 nitrogen and oxygen atoms in total. The van der Waals surface area contributed by atoms with Gasteiger partial charge in [-0.05, 0) is 54.4 Å². The minimum absolute atomic E-state index is 0. The second kappa shape index (κ2) is 15.1. The zero-order valence-corrected chi connectivity index (χ0v) is 34.5. The molecule has 0 saturated carbocycles. The quantitative estimate of drug-likeness (QED) is 0.0940. The van der Waals surface area contributed by atoms with Gasteiger partial charge >= 0.3 is 0 Å². The number of allylic oxidation sites excluding steroid dienone is 2. The molecule has 0 aliphatic heterocycles. The Balaban J connectivity index is 0.000000260. The maximum atomic E-state index is 12.2. The molecule has 0 aliphatic rings. The van der Waals surface area contributed by atoms with Crippen molar-refractivity contribution < 1.29 is 30.0 Å². The maximum Gasteiger partial charge on any atom is 0.164 e. The van der Waals surface area contributed by atoms with Gasteiger partial charge < -0.3 is 5.11 Å². The molecule has 6 rings (SSSR count). The van der Waals surface area contributed by atoms with Crippen LogP contribution in [-0.4, -0.2) is 20.9 Å². The number of aromatic nitrogens is 2. The summed E-state index contributed by atoms with van der Waals surface area (Å²) in [5.41, 5.74) is 5.14. The monoisotopic (exact) mass is 870 g/mol. The van der Waals surface area contributed by atoms with Crippen molar-refractivity contribution in [2.75, 3.05) is 0 Å². The summed E-state index contributed by atoms with van der Waals surface area (Å²) in [5.74, 6) is 0.286. The third-order valence-corrected chi connectivity index (χ3v) is 13.1. The van der Waals surface area contributed by atoms with Gasteiger partial charge in [0.15, 0.2) is 5.78 Å². The molecule has 0 bridgehead atoms.